The zero-order valence-corrected chi connectivity index (χ0v) is 6.56. The minimum atomic E-state index is 0.725. The number of hydrogen-bond donors (Lipinski definition) is 1. The summed E-state index contributed by atoms with van der Waals surface area (Å²) in [5, 5.41) is 3.33. The summed E-state index contributed by atoms with van der Waals surface area (Å²) in [6.07, 6.45) is 5.40. The van der Waals surface area contributed by atoms with Crippen LogP contribution in [-0.2, 0) is 0 Å². The lowest BCUT2D eigenvalue weighted by atomic mass is 9.98. The summed E-state index contributed by atoms with van der Waals surface area (Å²) in [5.74, 6) is 0.725. The molecule has 0 aliphatic carbocycles. The summed E-state index contributed by atoms with van der Waals surface area (Å²) in [6.45, 7) is 8.15. The Hall–Kier alpha value is -0.560. The van der Waals surface area contributed by atoms with Crippen LogP contribution < -0.4 is 5.32 Å². The third kappa shape index (κ3) is 1.48. The minimum Gasteiger partial charge on any atom is -0.316 e. The first-order valence-electron chi connectivity index (χ1n) is 3.88. The molecular formula is C9H15N. The van der Waals surface area contributed by atoms with Crippen LogP contribution in [0.2, 0.25) is 0 Å². The number of allylic oxidation sites excluding steroid dienone is 2. The molecule has 0 spiro atoms. The van der Waals surface area contributed by atoms with Gasteiger partial charge in [0.15, 0.2) is 0 Å². The molecule has 1 aliphatic rings. The molecular weight excluding hydrogens is 122 g/mol. The maximum Gasteiger partial charge on any atom is 0.00205 e. The molecule has 0 amide bonds. The van der Waals surface area contributed by atoms with Gasteiger partial charge in [-0.05, 0) is 31.4 Å². The highest BCUT2D eigenvalue weighted by Gasteiger charge is 2.15. The van der Waals surface area contributed by atoms with Crippen molar-refractivity contribution >= 4 is 0 Å². The van der Waals surface area contributed by atoms with E-state index in [4.69, 9.17) is 0 Å². The van der Waals surface area contributed by atoms with E-state index >= 15 is 0 Å². The van der Waals surface area contributed by atoms with Crippen LogP contribution in [0, 0.1) is 5.92 Å². The lowest BCUT2D eigenvalue weighted by Gasteiger charge is -2.07. The summed E-state index contributed by atoms with van der Waals surface area (Å²) in [7, 11) is 0. The van der Waals surface area contributed by atoms with Gasteiger partial charge in [0.2, 0.25) is 0 Å². The fraction of sp³-hybridized carbons (Fsp3) is 0.556. The predicted octanol–water partition coefficient (Wildman–Crippen LogP) is 1.73. The van der Waals surface area contributed by atoms with Crippen LogP contribution in [0.5, 0.6) is 0 Å². The zero-order chi connectivity index (χ0) is 7.40. The van der Waals surface area contributed by atoms with E-state index < -0.39 is 0 Å². The molecule has 0 aromatic heterocycles. The first-order valence-corrected chi connectivity index (χ1v) is 3.88. The molecule has 1 fully saturated rings. The van der Waals surface area contributed by atoms with Crippen molar-refractivity contribution in [1.29, 1.82) is 0 Å². The molecule has 0 radical (unpaired) electrons. The van der Waals surface area contributed by atoms with E-state index in [0.717, 1.165) is 19.0 Å². The van der Waals surface area contributed by atoms with Crippen molar-refractivity contribution in [3.63, 3.8) is 0 Å². The fourth-order valence-electron chi connectivity index (χ4n) is 1.46. The molecule has 1 rings (SSSR count). The van der Waals surface area contributed by atoms with Crippen LogP contribution in [0.4, 0.5) is 0 Å². The fourth-order valence-corrected chi connectivity index (χ4v) is 1.46. The SMILES string of the molecule is C=CC(=CC)C1CCNC1. The Labute approximate surface area is 62.8 Å². The molecule has 0 saturated carbocycles. The Bertz CT molecular complexity index is 141. The Morgan fingerprint density at radius 1 is 1.70 bits per heavy atom. The van der Waals surface area contributed by atoms with Crippen molar-refractivity contribution in [1.82, 2.24) is 5.32 Å². The molecule has 0 aromatic carbocycles. The van der Waals surface area contributed by atoms with Crippen LogP contribution in [-0.4, -0.2) is 13.1 Å². The topological polar surface area (TPSA) is 12.0 Å². The average Bonchev–Trinajstić information content (AvgIpc) is 2.43. The number of nitrogens with one attached hydrogen (secondary N) is 1. The third-order valence-corrected chi connectivity index (χ3v) is 2.10. The molecule has 1 aliphatic heterocycles. The summed E-state index contributed by atoms with van der Waals surface area (Å²) in [6, 6.07) is 0. The molecule has 1 N–H and O–H groups in total. The second-order valence-electron chi connectivity index (χ2n) is 2.68. The third-order valence-electron chi connectivity index (χ3n) is 2.10. The number of hydrogen-bond acceptors (Lipinski definition) is 1. The lowest BCUT2D eigenvalue weighted by Crippen LogP contribution is -2.09. The quantitative estimate of drug-likeness (QED) is 0.571. The molecule has 0 bridgehead atoms. The van der Waals surface area contributed by atoms with Crippen LogP contribution in [0.15, 0.2) is 24.3 Å². The van der Waals surface area contributed by atoms with E-state index in [0.29, 0.717) is 0 Å². The van der Waals surface area contributed by atoms with Crippen molar-refractivity contribution in [3.05, 3.63) is 24.3 Å². The van der Waals surface area contributed by atoms with Gasteiger partial charge in [0.25, 0.3) is 0 Å². The molecule has 1 unspecified atom stereocenters. The van der Waals surface area contributed by atoms with Gasteiger partial charge in [-0.1, -0.05) is 18.7 Å². The Balaban J connectivity index is 2.53. The standard InChI is InChI=1S/C9H15N/c1-3-8(4-2)9-5-6-10-7-9/h3-4,9-10H,1,5-7H2,2H3. The molecule has 1 saturated heterocycles. The predicted molar refractivity (Wildman–Crippen MR) is 44.9 cm³/mol. The highest BCUT2D eigenvalue weighted by molar-refractivity contribution is 5.20. The van der Waals surface area contributed by atoms with Gasteiger partial charge < -0.3 is 5.32 Å². The van der Waals surface area contributed by atoms with Gasteiger partial charge >= 0.3 is 0 Å². The van der Waals surface area contributed by atoms with E-state index in [-0.39, 0.29) is 0 Å². The highest BCUT2D eigenvalue weighted by atomic mass is 14.9. The van der Waals surface area contributed by atoms with Gasteiger partial charge in [0.1, 0.15) is 0 Å². The van der Waals surface area contributed by atoms with Gasteiger partial charge in [-0.15, -0.1) is 0 Å². The van der Waals surface area contributed by atoms with E-state index in [2.05, 4.69) is 24.9 Å². The molecule has 1 heterocycles. The van der Waals surface area contributed by atoms with Gasteiger partial charge in [0.05, 0.1) is 0 Å². The first kappa shape index (κ1) is 7.55. The maximum absolute atomic E-state index is 3.78. The van der Waals surface area contributed by atoms with Crippen molar-refractivity contribution < 1.29 is 0 Å². The smallest absolute Gasteiger partial charge is 0.00205 e. The lowest BCUT2D eigenvalue weighted by molar-refractivity contribution is 0.697. The van der Waals surface area contributed by atoms with Crippen LogP contribution in [0.25, 0.3) is 0 Å². The van der Waals surface area contributed by atoms with E-state index in [9.17, 15) is 0 Å². The first-order chi connectivity index (χ1) is 4.88. The monoisotopic (exact) mass is 137 g/mol. The number of rotatable bonds is 2. The Morgan fingerprint density at radius 3 is 2.90 bits per heavy atom. The molecule has 56 valence electrons. The van der Waals surface area contributed by atoms with Crippen molar-refractivity contribution in [3.8, 4) is 0 Å². The van der Waals surface area contributed by atoms with Gasteiger partial charge in [0, 0.05) is 6.54 Å². The zero-order valence-electron chi connectivity index (χ0n) is 6.56. The normalized spacial score (nSPS) is 26.9. The average molecular weight is 137 g/mol. The Kier molecular flexibility index (Phi) is 2.69. The van der Waals surface area contributed by atoms with Crippen molar-refractivity contribution in [2.45, 2.75) is 13.3 Å². The maximum atomic E-state index is 3.78. The molecule has 1 nitrogen and oxygen atoms in total. The summed E-state index contributed by atoms with van der Waals surface area (Å²) in [4.78, 5) is 0. The van der Waals surface area contributed by atoms with Crippen LogP contribution in [0.1, 0.15) is 13.3 Å². The summed E-state index contributed by atoms with van der Waals surface area (Å²) in [5.41, 5.74) is 1.39. The van der Waals surface area contributed by atoms with Crippen molar-refractivity contribution in [2.75, 3.05) is 13.1 Å². The van der Waals surface area contributed by atoms with Gasteiger partial charge in [-0.3, -0.25) is 0 Å². The second-order valence-corrected chi connectivity index (χ2v) is 2.68. The van der Waals surface area contributed by atoms with Gasteiger partial charge in [-0.2, -0.15) is 0 Å². The van der Waals surface area contributed by atoms with E-state index in [1.54, 1.807) is 0 Å². The Morgan fingerprint density at radius 2 is 2.50 bits per heavy atom. The van der Waals surface area contributed by atoms with Crippen LogP contribution in [0.3, 0.4) is 0 Å². The van der Waals surface area contributed by atoms with Crippen LogP contribution >= 0.6 is 0 Å². The van der Waals surface area contributed by atoms with E-state index in [1.807, 2.05) is 6.08 Å². The largest absolute Gasteiger partial charge is 0.316 e. The molecule has 0 aromatic rings. The highest BCUT2D eigenvalue weighted by Crippen LogP contribution is 2.18. The second kappa shape index (κ2) is 3.57. The molecule has 1 heteroatoms. The van der Waals surface area contributed by atoms with Gasteiger partial charge in [-0.25, -0.2) is 0 Å². The molecule has 10 heavy (non-hydrogen) atoms. The summed E-state index contributed by atoms with van der Waals surface area (Å²) < 4.78 is 0. The van der Waals surface area contributed by atoms with Crippen molar-refractivity contribution in [2.24, 2.45) is 5.92 Å². The molecule has 1 atom stereocenters. The minimum absolute atomic E-state index is 0.725. The summed E-state index contributed by atoms with van der Waals surface area (Å²) >= 11 is 0. The van der Waals surface area contributed by atoms with E-state index in [1.165, 1.54) is 12.0 Å².